The minimum Gasteiger partial charge on any atom is -0.347 e. The van der Waals surface area contributed by atoms with E-state index in [2.05, 4.69) is 14.7 Å². The van der Waals surface area contributed by atoms with Crippen molar-refractivity contribution < 1.29 is 8.42 Å². The molecule has 1 rings (SSSR count). The zero-order valence-corrected chi connectivity index (χ0v) is 9.30. The topological polar surface area (TPSA) is 74.8 Å². The Bertz CT molecular complexity index is 369. The number of sulfonamides is 1. The van der Waals surface area contributed by atoms with Gasteiger partial charge in [0.25, 0.3) is 0 Å². The molecule has 5 nitrogen and oxygen atoms in total. The van der Waals surface area contributed by atoms with Crippen LogP contribution in [0.15, 0.2) is 12.4 Å². The van der Waals surface area contributed by atoms with Crippen LogP contribution >= 0.6 is 0 Å². The van der Waals surface area contributed by atoms with Gasteiger partial charge in [0.05, 0.1) is 11.3 Å². The molecule has 0 spiro atoms. The number of hydrogen-bond donors (Lipinski definition) is 2. The Morgan fingerprint density at radius 1 is 1.43 bits per heavy atom. The van der Waals surface area contributed by atoms with Gasteiger partial charge in [0, 0.05) is 12.4 Å². The number of aromatic nitrogens is 2. The second-order valence-corrected chi connectivity index (χ2v) is 5.68. The van der Waals surface area contributed by atoms with Gasteiger partial charge in [-0.2, -0.15) is 0 Å². The predicted molar refractivity (Wildman–Crippen MR) is 54.2 cm³/mol. The largest absolute Gasteiger partial charge is 0.347 e. The van der Waals surface area contributed by atoms with Crippen LogP contribution in [0.1, 0.15) is 32.6 Å². The number of hydrogen-bond acceptors (Lipinski definition) is 3. The van der Waals surface area contributed by atoms with E-state index in [0.29, 0.717) is 5.82 Å². The van der Waals surface area contributed by atoms with E-state index in [1.807, 2.05) is 0 Å². The third-order valence-corrected chi connectivity index (χ3v) is 3.81. The molecule has 0 aromatic carbocycles. The van der Waals surface area contributed by atoms with E-state index in [-0.39, 0.29) is 6.04 Å². The highest BCUT2D eigenvalue weighted by atomic mass is 32.2. The van der Waals surface area contributed by atoms with Crippen molar-refractivity contribution in [2.75, 3.05) is 0 Å². The highest BCUT2D eigenvalue weighted by Crippen LogP contribution is 2.09. The second-order valence-electron chi connectivity index (χ2n) is 3.41. The zero-order valence-electron chi connectivity index (χ0n) is 8.48. The summed E-state index contributed by atoms with van der Waals surface area (Å²) in [5.41, 5.74) is 0. The molecule has 1 unspecified atom stereocenters. The van der Waals surface area contributed by atoms with Crippen molar-refractivity contribution >= 4 is 10.0 Å². The van der Waals surface area contributed by atoms with E-state index in [1.54, 1.807) is 33.2 Å². The lowest BCUT2D eigenvalue weighted by atomic mass is 10.3. The van der Waals surface area contributed by atoms with E-state index in [4.69, 9.17) is 0 Å². The van der Waals surface area contributed by atoms with Gasteiger partial charge in [-0.05, 0) is 20.8 Å². The summed E-state index contributed by atoms with van der Waals surface area (Å²) in [4.78, 5) is 6.84. The third kappa shape index (κ3) is 2.55. The van der Waals surface area contributed by atoms with Gasteiger partial charge in [0.15, 0.2) is 0 Å². The first-order chi connectivity index (χ1) is 6.43. The highest BCUT2D eigenvalue weighted by molar-refractivity contribution is 7.90. The fourth-order valence-corrected chi connectivity index (χ4v) is 1.83. The lowest BCUT2D eigenvalue weighted by Gasteiger charge is -2.14. The fourth-order valence-electron chi connectivity index (χ4n) is 0.953. The minimum atomic E-state index is -3.23. The van der Waals surface area contributed by atoms with Crippen LogP contribution < -0.4 is 4.72 Å². The molecule has 80 valence electrons. The third-order valence-electron chi connectivity index (χ3n) is 1.89. The Morgan fingerprint density at radius 3 is 2.50 bits per heavy atom. The van der Waals surface area contributed by atoms with Crippen LogP contribution in [0.3, 0.4) is 0 Å². The van der Waals surface area contributed by atoms with E-state index in [9.17, 15) is 8.42 Å². The van der Waals surface area contributed by atoms with Crippen LogP contribution in [0.5, 0.6) is 0 Å². The molecule has 0 aliphatic rings. The van der Waals surface area contributed by atoms with Crippen molar-refractivity contribution in [1.82, 2.24) is 14.7 Å². The molecule has 0 radical (unpaired) electrons. The summed E-state index contributed by atoms with van der Waals surface area (Å²) in [5, 5.41) is -0.431. The molecule has 0 amide bonds. The van der Waals surface area contributed by atoms with Crippen LogP contribution in [0, 0.1) is 0 Å². The van der Waals surface area contributed by atoms with Crippen molar-refractivity contribution in [1.29, 1.82) is 0 Å². The molecule has 1 aromatic rings. The summed E-state index contributed by atoms with van der Waals surface area (Å²) in [5.74, 6) is 0.620. The number of H-pyrrole nitrogens is 1. The molecule has 0 saturated carbocycles. The van der Waals surface area contributed by atoms with Crippen molar-refractivity contribution in [2.45, 2.75) is 32.1 Å². The summed E-state index contributed by atoms with van der Waals surface area (Å²) in [6.07, 6.45) is 3.25. The molecule has 2 N–H and O–H groups in total. The summed E-state index contributed by atoms with van der Waals surface area (Å²) >= 11 is 0. The zero-order chi connectivity index (χ0) is 10.8. The molecular weight excluding hydrogens is 202 g/mol. The van der Waals surface area contributed by atoms with Gasteiger partial charge in [-0.15, -0.1) is 0 Å². The molecule has 1 aromatic heterocycles. The molecule has 0 saturated heterocycles. The minimum absolute atomic E-state index is 0.322. The standard InChI is InChI=1S/C8H15N3O2S/c1-6(2)14(12,13)11-7(3)8-9-4-5-10-8/h4-7,11H,1-3H3,(H,9,10). The molecule has 1 heterocycles. The lowest BCUT2D eigenvalue weighted by Crippen LogP contribution is -2.33. The maximum absolute atomic E-state index is 11.5. The molecule has 0 fully saturated rings. The Balaban J connectivity index is 2.71. The number of imidazole rings is 1. The van der Waals surface area contributed by atoms with Gasteiger partial charge >= 0.3 is 0 Å². The van der Waals surface area contributed by atoms with Crippen molar-refractivity contribution in [3.8, 4) is 0 Å². The molecule has 0 aliphatic heterocycles. The number of nitrogens with zero attached hydrogens (tertiary/aromatic N) is 1. The van der Waals surface area contributed by atoms with Gasteiger partial charge in [-0.1, -0.05) is 0 Å². The van der Waals surface area contributed by atoms with Gasteiger partial charge in [-0.3, -0.25) is 0 Å². The van der Waals surface area contributed by atoms with E-state index in [0.717, 1.165) is 0 Å². The average molecular weight is 217 g/mol. The first-order valence-electron chi connectivity index (χ1n) is 4.44. The van der Waals surface area contributed by atoms with E-state index < -0.39 is 15.3 Å². The number of nitrogens with one attached hydrogen (secondary N) is 2. The quantitative estimate of drug-likeness (QED) is 0.783. The summed E-state index contributed by atoms with van der Waals surface area (Å²) in [6.45, 7) is 5.02. The van der Waals surface area contributed by atoms with Crippen molar-refractivity contribution in [3.63, 3.8) is 0 Å². The van der Waals surface area contributed by atoms with Crippen molar-refractivity contribution in [3.05, 3.63) is 18.2 Å². The van der Waals surface area contributed by atoms with Gasteiger partial charge in [0.2, 0.25) is 10.0 Å². The monoisotopic (exact) mass is 217 g/mol. The maximum atomic E-state index is 11.5. The lowest BCUT2D eigenvalue weighted by molar-refractivity contribution is 0.552. The smallest absolute Gasteiger partial charge is 0.214 e. The van der Waals surface area contributed by atoms with Crippen LogP contribution in [-0.2, 0) is 10.0 Å². The van der Waals surface area contributed by atoms with Gasteiger partial charge in [-0.25, -0.2) is 18.1 Å². The van der Waals surface area contributed by atoms with E-state index >= 15 is 0 Å². The Hall–Kier alpha value is -0.880. The maximum Gasteiger partial charge on any atom is 0.214 e. The average Bonchev–Trinajstić information content (AvgIpc) is 2.54. The normalized spacial score (nSPS) is 14.6. The predicted octanol–water partition coefficient (Wildman–Crippen LogP) is 0.798. The molecule has 14 heavy (non-hydrogen) atoms. The number of rotatable bonds is 4. The molecule has 0 bridgehead atoms. The first-order valence-corrected chi connectivity index (χ1v) is 5.98. The van der Waals surface area contributed by atoms with Crippen LogP contribution in [0.4, 0.5) is 0 Å². The summed E-state index contributed by atoms with van der Waals surface area (Å²) in [7, 11) is -3.23. The Kier molecular flexibility index (Phi) is 3.28. The fraction of sp³-hybridized carbons (Fsp3) is 0.625. The van der Waals surface area contributed by atoms with Gasteiger partial charge < -0.3 is 4.98 Å². The van der Waals surface area contributed by atoms with Gasteiger partial charge in [0.1, 0.15) is 5.82 Å². The highest BCUT2D eigenvalue weighted by Gasteiger charge is 2.20. The number of aromatic amines is 1. The summed E-state index contributed by atoms with van der Waals surface area (Å²) in [6, 6.07) is -0.322. The second kappa shape index (κ2) is 4.10. The Labute approximate surface area is 84.0 Å². The molecule has 6 heteroatoms. The molecule has 0 aliphatic carbocycles. The Morgan fingerprint density at radius 2 is 2.07 bits per heavy atom. The molecular formula is C8H15N3O2S. The first kappa shape index (κ1) is 11.2. The molecule has 1 atom stereocenters. The van der Waals surface area contributed by atoms with Crippen LogP contribution in [-0.4, -0.2) is 23.6 Å². The SMILES string of the molecule is CC(NS(=O)(=O)C(C)C)c1ncc[nH]1. The van der Waals surface area contributed by atoms with Crippen LogP contribution in [0.2, 0.25) is 0 Å². The van der Waals surface area contributed by atoms with Crippen molar-refractivity contribution in [2.24, 2.45) is 0 Å². The summed E-state index contributed by atoms with van der Waals surface area (Å²) < 4.78 is 25.5. The van der Waals surface area contributed by atoms with E-state index in [1.165, 1.54) is 0 Å². The van der Waals surface area contributed by atoms with Crippen LogP contribution in [0.25, 0.3) is 0 Å².